The highest BCUT2D eigenvalue weighted by Gasteiger charge is 2.35. The molecule has 0 bridgehead atoms. The molecule has 1 heterocycles. The lowest BCUT2D eigenvalue weighted by Gasteiger charge is -2.28. The molecule has 0 radical (unpaired) electrons. The summed E-state index contributed by atoms with van der Waals surface area (Å²) in [6.45, 7) is 2.11. The normalized spacial score (nSPS) is 18.0. The van der Waals surface area contributed by atoms with Crippen molar-refractivity contribution in [2.24, 2.45) is 4.99 Å². The lowest BCUT2D eigenvalue weighted by Crippen LogP contribution is -2.27. The van der Waals surface area contributed by atoms with Crippen molar-refractivity contribution in [3.8, 4) is 0 Å². The molecule has 3 nitrogen and oxygen atoms in total. The first-order chi connectivity index (χ1) is 13.1. The number of nitrogens with zero attached hydrogens (tertiary/aromatic N) is 2. The van der Waals surface area contributed by atoms with Gasteiger partial charge in [-0.15, -0.1) is 5.06 Å². The van der Waals surface area contributed by atoms with E-state index in [9.17, 15) is 0 Å². The monoisotopic (exact) mass is 396 g/mol. The third kappa shape index (κ3) is 3.86. The van der Waals surface area contributed by atoms with Crippen molar-refractivity contribution in [3.05, 3.63) is 106 Å². The minimum atomic E-state index is -0.261. The summed E-state index contributed by atoms with van der Waals surface area (Å²) in [5, 5.41) is 3.30. The van der Waals surface area contributed by atoms with Crippen LogP contribution < -0.4 is 0 Å². The van der Waals surface area contributed by atoms with Gasteiger partial charge < -0.3 is 4.84 Å². The van der Waals surface area contributed by atoms with Crippen LogP contribution in [-0.4, -0.2) is 11.0 Å². The standard InChI is InChI=1S/C22H18Cl2N2O/c1-15(16-5-3-2-4-6-16)26-21(17-7-11-19(23)12-8-17)25-22(27-26)18-9-13-20(24)14-10-18/h2-15,21H,1H3/t15-,21-/m1/s1. The van der Waals surface area contributed by atoms with Gasteiger partial charge in [0.2, 0.25) is 5.90 Å². The first kappa shape index (κ1) is 18.1. The van der Waals surface area contributed by atoms with E-state index in [0.717, 1.165) is 16.7 Å². The number of halogens is 2. The SMILES string of the molecule is C[C@H](c1ccccc1)N1OC(c2ccc(Cl)cc2)=N[C@H]1c1ccc(Cl)cc1. The number of benzene rings is 3. The van der Waals surface area contributed by atoms with Crippen LogP contribution in [0.4, 0.5) is 0 Å². The highest BCUT2D eigenvalue weighted by atomic mass is 35.5. The number of hydrogen-bond acceptors (Lipinski definition) is 3. The predicted octanol–water partition coefficient (Wildman–Crippen LogP) is 6.45. The topological polar surface area (TPSA) is 24.8 Å². The molecular weight excluding hydrogens is 379 g/mol. The second-order valence-electron chi connectivity index (χ2n) is 6.40. The van der Waals surface area contributed by atoms with E-state index in [1.165, 1.54) is 0 Å². The first-order valence-corrected chi connectivity index (χ1v) is 9.48. The van der Waals surface area contributed by atoms with E-state index in [0.29, 0.717) is 15.9 Å². The maximum Gasteiger partial charge on any atom is 0.243 e. The van der Waals surface area contributed by atoms with Crippen molar-refractivity contribution >= 4 is 29.1 Å². The Morgan fingerprint density at radius 3 is 2.07 bits per heavy atom. The Labute approximate surface area is 168 Å². The molecule has 27 heavy (non-hydrogen) atoms. The zero-order chi connectivity index (χ0) is 18.8. The van der Waals surface area contributed by atoms with Crippen LogP contribution in [0.25, 0.3) is 0 Å². The summed E-state index contributed by atoms with van der Waals surface area (Å²) < 4.78 is 0. The molecular formula is C22H18Cl2N2O. The van der Waals surface area contributed by atoms with Gasteiger partial charge in [0.05, 0.1) is 6.04 Å². The van der Waals surface area contributed by atoms with E-state index in [-0.39, 0.29) is 12.2 Å². The van der Waals surface area contributed by atoms with E-state index < -0.39 is 0 Å². The summed E-state index contributed by atoms with van der Waals surface area (Å²) in [4.78, 5) is 11.1. The molecule has 2 atom stereocenters. The molecule has 0 saturated heterocycles. The summed E-state index contributed by atoms with van der Waals surface area (Å²) in [5.41, 5.74) is 3.07. The molecule has 136 valence electrons. The molecule has 3 aromatic carbocycles. The summed E-state index contributed by atoms with van der Waals surface area (Å²) in [7, 11) is 0. The van der Waals surface area contributed by atoms with Gasteiger partial charge >= 0.3 is 0 Å². The summed E-state index contributed by atoms with van der Waals surface area (Å²) in [6, 6.07) is 25.5. The van der Waals surface area contributed by atoms with Crippen LogP contribution in [0.1, 0.15) is 35.8 Å². The lowest BCUT2D eigenvalue weighted by atomic mass is 10.1. The van der Waals surface area contributed by atoms with Gasteiger partial charge in [-0.25, -0.2) is 4.99 Å². The number of hydroxylamine groups is 2. The Morgan fingerprint density at radius 1 is 0.852 bits per heavy atom. The van der Waals surface area contributed by atoms with Crippen molar-refractivity contribution < 1.29 is 4.84 Å². The Bertz CT molecular complexity index is 940. The van der Waals surface area contributed by atoms with Crippen LogP contribution in [-0.2, 0) is 4.84 Å². The van der Waals surface area contributed by atoms with E-state index >= 15 is 0 Å². The molecule has 1 aliphatic rings. The average molecular weight is 397 g/mol. The van der Waals surface area contributed by atoms with Gasteiger partial charge in [-0.3, -0.25) is 0 Å². The Hall–Kier alpha value is -2.33. The minimum absolute atomic E-state index is 0.0143. The second kappa shape index (κ2) is 7.73. The van der Waals surface area contributed by atoms with Crippen LogP contribution in [0, 0.1) is 0 Å². The average Bonchev–Trinajstić information content (AvgIpc) is 3.14. The molecule has 0 aliphatic carbocycles. The maximum absolute atomic E-state index is 6.21. The van der Waals surface area contributed by atoms with Crippen LogP contribution in [0.15, 0.2) is 83.9 Å². The zero-order valence-electron chi connectivity index (χ0n) is 14.7. The zero-order valence-corrected chi connectivity index (χ0v) is 16.2. The molecule has 4 rings (SSSR count). The van der Waals surface area contributed by atoms with Crippen molar-refractivity contribution in [2.45, 2.75) is 19.1 Å². The van der Waals surface area contributed by atoms with Crippen molar-refractivity contribution in [3.63, 3.8) is 0 Å². The molecule has 0 saturated carbocycles. The summed E-state index contributed by atoms with van der Waals surface area (Å²) in [5.74, 6) is 0.578. The van der Waals surface area contributed by atoms with Crippen LogP contribution >= 0.6 is 23.2 Å². The van der Waals surface area contributed by atoms with Gasteiger partial charge in [0, 0.05) is 15.6 Å². The maximum atomic E-state index is 6.21. The van der Waals surface area contributed by atoms with Crippen molar-refractivity contribution in [1.29, 1.82) is 0 Å². The second-order valence-corrected chi connectivity index (χ2v) is 7.28. The fourth-order valence-corrected chi connectivity index (χ4v) is 3.34. The third-order valence-electron chi connectivity index (χ3n) is 4.60. The molecule has 0 unspecified atom stereocenters. The highest BCUT2D eigenvalue weighted by Crippen LogP contribution is 2.37. The fourth-order valence-electron chi connectivity index (χ4n) is 3.09. The van der Waals surface area contributed by atoms with Gasteiger partial charge in [-0.2, -0.15) is 0 Å². The number of rotatable bonds is 4. The number of aliphatic imine (C=N–C) groups is 1. The molecule has 0 aromatic heterocycles. The van der Waals surface area contributed by atoms with E-state index in [2.05, 4.69) is 19.1 Å². The molecule has 0 fully saturated rings. The van der Waals surface area contributed by atoms with Crippen LogP contribution in [0.2, 0.25) is 10.0 Å². The molecule has 5 heteroatoms. The lowest BCUT2D eigenvalue weighted by molar-refractivity contribution is -0.117. The van der Waals surface area contributed by atoms with Crippen LogP contribution in [0.3, 0.4) is 0 Å². The Balaban J connectivity index is 1.71. The van der Waals surface area contributed by atoms with Gasteiger partial charge in [0.15, 0.2) is 6.17 Å². The van der Waals surface area contributed by atoms with Crippen molar-refractivity contribution in [2.75, 3.05) is 0 Å². The highest BCUT2D eigenvalue weighted by molar-refractivity contribution is 6.30. The minimum Gasteiger partial charge on any atom is -0.382 e. The van der Waals surface area contributed by atoms with Gasteiger partial charge in [-0.05, 0) is 54.4 Å². The van der Waals surface area contributed by atoms with E-state index in [4.69, 9.17) is 33.0 Å². The van der Waals surface area contributed by atoms with E-state index in [1.807, 2.05) is 71.8 Å². The Morgan fingerprint density at radius 2 is 1.44 bits per heavy atom. The fraction of sp³-hybridized carbons (Fsp3) is 0.136. The van der Waals surface area contributed by atoms with Gasteiger partial charge in [0.1, 0.15) is 0 Å². The van der Waals surface area contributed by atoms with Crippen LogP contribution in [0.5, 0.6) is 0 Å². The summed E-state index contributed by atoms with van der Waals surface area (Å²) >= 11 is 12.1. The molecule has 0 N–H and O–H groups in total. The third-order valence-corrected chi connectivity index (χ3v) is 5.10. The predicted molar refractivity (Wildman–Crippen MR) is 110 cm³/mol. The quantitative estimate of drug-likeness (QED) is 0.506. The summed E-state index contributed by atoms with van der Waals surface area (Å²) in [6.07, 6.45) is -0.261. The first-order valence-electron chi connectivity index (χ1n) is 8.72. The van der Waals surface area contributed by atoms with Gasteiger partial charge in [0.25, 0.3) is 0 Å². The molecule has 1 aliphatic heterocycles. The molecule has 0 amide bonds. The molecule has 3 aromatic rings. The largest absolute Gasteiger partial charge is 0.382 e. The molecule has 0 spiro atoms. The Kier molecular flexibility index (Phi) is 5.17. The van der Waals surface area contributed by atoms with Gasteiger partial charge in [-0.1, -0.05) is 65.7 Å². The van der Waals surface area contributed by atoms with E-state index in [1.54, 1.807) is 0 Å². The van der Waals surface area contributed by atoms with Crippen molar-refractivity contribution in [1.82, 2.24) is 5.06 Å². The number of hydrogen-bond donors (Lipinski definition) is 0. The smallest absolute Gasteiger partial charge is 0.243 e.